The minimum Gasteiger partial charge on any atom is -0.383 e. The molecule has 0 spiro atoms. The molecule has 4 heteroatoms. The fourth-order valence-corrected chi connectivity index (χ4v) is 2.12. The summed E-state index contributed by atoms with van der Waals surface area (Å²) in [5.74, 6) is -0.0976. The van der Waals surface area contributed by atoms with Gasteiger partial charge in [0.15, 0.2) is 0 Å². The highest BCUT2D eigenvalue weighted by Gasteiger charge is 2.32. The van der Waals surface area contributed by atoms with Gasteiger partial charge in [0.05, 0.1) is 6.61 Å². The van der Waals surface area contributed by atoms with Crippen LogP contribution < -0.4 is 11.1 Å². The molecule has 4 nitrogen and oxygen atoms in total. The van der Waals surface area contributed by atoms with Gasteiger partial charge in [-0.05, 0) is 24.7 Å². The Kier molecular flexibility index (Phi) is 4.11. The lowest BCUT2D eigenvalue weighted by atomic mass is 9.92. The van der Waals surface area contributed by atoms with E-state index >= 15 is 0 Å². The van der Waals surface area contributed by atoms with E-state index in [9.17, 15) is 4.79 Å². The first-order chi connectivity index (χ1) is 6.94. The first kappa shape index (κ1) is 12.5. The van der Waals surface area contributed by atoms with Crippen molar-refractivity contribution in [2.45, 2.75) is 45.2 Å². The van der Waals surface area contributed by atoms with Gasteiger partial charge in [0.25, 0.3) is 0 Å². The molecule has 0 aromatic heterocycles. The third-order valence-electron chi connectivity index (χ3n) is 3.00. The maximum Gasteiger partial charge on any atom is 0.239 e. The van der Waals surface area contributed by atoms with Crippen molar-refractivity contribution >= 4 is 5.91 Å². The van der Waals surface area contributed by atoms with E-state index < -0.39 is 6.04 Å². The summed E-state index contributed by atoms with van der Waals surface area (Å²) in [6, 6.07) is -0.255. The molecule has 0 radical (unpaired) electrons. The van der Waals surface area contributed by atoms with Gasteiger partial charge >= 0.3 is 0 Å². The Labute approximate surface area is 91.5 Å². The number of hydrogen-bond acceptors (Lipinski definition) is 3. The van der Waals surface area contributed by atoms with Crippen LogP contribution in [0.25, 0.3) is 0 Å². The summed E-state index contributed by atoms with van der Waals surface area (Å²) in [4.78, 5) is 11.6. The van der Waals surface area contributed by atoms with Crippen LogP contribution in [0.5, 0.6) is 0 Å². The molecule has 0 aromatic rings. The number of nitrogens with one attached hydrogen (secondary N) is 1. The van der Waals surface area contributed by atoms with Crippen molar-refractivity contribution in [1.29, 1.82) is 0 Å². The number of amides is 1. The second kappa shape index (κ2) is 4.94. The maximum atomic E-state index is 11.6. The molecular formula is C11H22N2O2. The number of carbonyl (C=O) groups is 1. The van der Waals surface area contributed by atoms with Gasteiger partial charge in [-0.15, -0.1) is 0 Å². The van der Waals surface area contributed by atoms with Crippen molar-refractivity contribution in [2.75, 3.05) is 13.7 Å². The molecule has 0 heterocycles. The monoisotopic (exact) mass is 214 g/mol. The van der Waals surface area contributed by atoms with Gasteiger partial charge in [-0.25, -0.2) is 0 Å². The number of rotatable bonds is 4. The summed E-state index contributed by atoms with van der Waals surface area (Å²) >= 11 is 0. The average molecular weight is 214 g/mol. The smallest absolute Gasteiger partial charge is 0.239 e. The molecule has 0 saturated heterocycles. The standard InChI is InChI=1S/C11H22N2O2/c1-11(2)5-4-8(6-11)13-10(14)9(12)7-15-3/h8-9H,4-7,12H2,1-3H3,(H,13,14). The maximum absolute atomic E-state index is 11.6. The second-order valence-corrected chi connectivity index (χ2v) is 5.17. The zero-order chi connectivity index (χ0) is 11.5. The molecule has 1 aliphatic rings. The molecule has 1 rings (SSSR count). The molecular weight excluding hydrogens is 192 g/mol. The molecule has 15 heavy (non-hydrogen) atoms. The van der Waals surface area contributed by atoms with E-state index in [1.165, 1.54) is 0 Å². The van der Waals surface area contributed by atoms with Gasteiger partial charge in [-0.1, -0.05) is 13.8 Å². The van der Waals surface area contributed by atoms with Crippen LogP contribution in [0, 0.1) is 5.41 Å². The number of carbonyl (C=O) groups excluding carboxylic acids is 1. The second-order valence-electron chi connectivity index (χ2n) is 5.17. The molecule has 2 unspecified atom stereocenters. The predicted molar refractivity (Wildman–Crippen MR) is 59.4 cm³/mol. The normalized spacial score (nSPS) is 26.3. The first-order valence-corrected chi connectivity index (χ1v) is 5.49. The quantitative estimate of drug-likeness (QED) is 0.722. The molecule has 0 bridgehead atoms. The highest BCUT2D eigenvalue weighted by atomic mass is 16.5. The van der Waals surface area contributed by atoms with Crippen LogP contribution in [0.4, 0.5) is 0 Å². The number of hydrogen-bond donors (Lipinski definition) is 2. The van der Waals surface area contributed by atoms with Gasteiger partial charge in [0.1, 0.15) is 6.04 Å². The van der Waals surface area contributed by atoms with E-state index in [1.807, 2.05) is 0 Å². The average Bonchev–Trinajstić information content (AvgIpc) is 2.46. The molecule has 1 amide bonds. The van der Waals surface area contributed by atoms with Gasteiger partial charge in [-0.3, -0.25) is 4.79 Å². The predicted octanol–water partition coefficient (Wildman–Crippen LogP) is 0.655. The van der Waals surface area contributed by atoms with E-state index in [-0.39, 0.29) is 18.6 Å². The zero-order valence-corrected chi connectivity index (χ0v) is 9.88. The van der Waals surface area contributed by atoms with Crippen LogP contribution in [0.2, 0.25) is 0 Å². The zero-order valence-electron chi connectivity index (χ0n) is 9.88. The summed E-state index contributed by atoms with van der Waals surface area (Å²) < 4.78 is 4.84. The first-order valence-electron chi connectivity index (χ1n) is 5.49. The van der Waals surface area contributed by atoms with Gasteiger partial charge in [-0.2, -0.15) is 0 Å². The molecule has 1 saturated carbocycles. The topological polar surface area (TPSA) is 64.3 Å². The van der Waals surface area contributed by atoms with Gasteiger partial charge < -0.3 is 15.8 Å². The van der Waals surface area contributed by atoms with Crippen LogP contribution in [-0.2, 0) is 9.53 Å². The van der Waals surface area contributed by atoms with E-state index in [1.54, 1.807) is 7.11 Å². The van der Waals surface area contributed by atoms with Crippen molar-refractivity contribution < 1.29 is 9.53 Å². The summed E-state index contributed by atoms with van der Waals surface area (Å²) in [5, 5.41) is 2.98. The van der Waals surface area contributed by atoms with Gasteiger partial charge in [0, 0.05) is 13.2 Å². The molecule has 3 N–H and O–H groups in total. The van der Waals surface area contributed by atoms with Crippen LogP contribution in [-0.4, -0.2) is 31.7 Å². The number of methoxy groups -OCH3 is 1. The van der Waals surface area contributed by atoms with Gasteiger partial charge in [0.2, 0.25) is 5.91 Å². The summed E-state index contributed by atoms with van der Waals surface area (Å²) in [6.07, 6.45) is 3.26. The SMILES string of the molecule is COCC(N)C(=O)NC1CCC(C)(C)C1. The van der Waals surface area contributed by atoms with E-state index in [2.05, 4.69) is 19.2 Å². The van der Waals surface area contributed by atoms with Crippen LogP contribution in [0.3, 0.4) is 0 Å². The van der Waals surface area contributed by atoms with Crippen molar-refractivity contribution in [3.63, 3.8) is 0 Å². The van der Waals surface area contributed by atoms with Crippen LogP contribution in [0.1, 0.15) is 33.1 Å². The summed E-state index contributed by atoms with van der Waals surface area (Å²) in [7, 11) is 1.55. The van der Waals surface area contributed by atoms with Crippen molar-refractivity contribution in [1.82, 2.24) is 5.32 Å². The van der Waals surface area contributed by atoms with Crippen molar-refractivity contribution in [2.24, 2.45) is 11.1 Å². The summed E-state index contributed by atoms with van der Waals surface area (Å²) in [6.45, 7) is 4.74. The Morgan fingerprint density at radius 2 is 2.33 bits per heavy atom. The van der Waals surface area contributed by atoms with E-state index in [0.29, 0.717) is 5.41 Å². The Morgan fingerprint density at radius 3 is 2.80 bits per heavy atom. The minimum absolute atomic E-state index is 0.0976. The molecule has 2 atom stereocenters. The molecule has 1 aliphatic carbocycles. The third-order valence-corrected chi connectivity index (χ3v) is 3.00. The lowest BCUT2D eigenvalue weighted by Gasteiger charge is -2.19. The Bertz CT molecular complexity index is 229. The molecule has 0 aromatic carbocycles. The van der Waals surface area contributed by atoms with Crippen LogP contribution >= 0.6 is 0 Å². The van der Waals surface area contributed by atoms with E-state index in [4.69, 9.17) is 10.5 Å². The number of nitrogens with two attached hydrogens (primary N) is 1. The largest absolute Gasteiger partial charge is 0.383 e. The van der Waals surface area contributed by atoms with Crippen molar-refractivity contribution in [3.8, 4) is 0 Å². The highest BCUT2D eigenvalue weighted by molar-refractivity contribution is 5.81. The Hall–Kier alpha value is -0.610. The molecule has 1 fully saturated rings. The minimum atomic E-state index is -0.543. The summed E-state index contributed by atoms with van der Waals surface area (Å²) in [5.41, 5.74) is 5.99. The van der Waals surface area contributed by atoms with Crippen molar-refractivity contribution in [3.05, 3.63) is 0 Å². The molecule has 88 valence electrons. The molecule has 0 aliphatic heterocycles. The Morgan fingerprint density at radius 1 is 1.67 bits per heavy atom. The third kappa shape index (κ3) is 3.80. The lowest BCUT2D eigenvalue weighted by molar-refractivity contribution is -0.124. The van der Waals surface area contributed by atoms with E-state index in [0.717, 1.165) is 19.3 Å². The number of ether oxygens (including phenoxy) is 1. The highest BCUT2D eigenvalue weighted by Crippen LogP contribution is 2.36. The van der Waals surface area contributed by atoms with Crippen LogP contribution in [0.15, 0.2) is 0 Å². The fraction of sp³-hybridized carbons (Fsp3) is 0.909. The Balaban J connectivity index is 2.33. The fourth-order valence-electron chi connectivity index (χ4n) is 2.12. The lowest BCUT2D eigenvalue weighted by Crippen LogP contribution is -2.46.